The molecule has 0 aliphatic heterocycles. The summed E-state index contributed by atoms with van der Waals surface area (Å²) >= 11 is 0. The maximum atomic E-state index is 13.5. The molecular weight excluding hydrogens is 446 g/mol. The van der Waals surface area contributed by atoms with Gasteiger partial charge < -0.3 is 23.9 Å². The van der Waals surface area contributed by atoms with Gasteiger partial charge in [0.05, 0.1) is 27.9 Å². The molecule has 3 rings (SSSR count). The molecule has 1 aromatic heterocycles. The van der Waals surface area contributed by atoms with Gasteiger partial charge in [-0.1, -0.05) is 12.1 Å². The van der Waals surface area contributed by atoms with Crippen molar-refractivity contribution in [3.05, 3.63) is 72.0 Å². The van der Waals surface area contributed by atoms with E-state index in [4.69, 9.17) is 20.4 Å². The average Bonchev–Trinajstić information content (AvgIpc) is 3.41. The highest BCUT2D eigenvalue weighted by atomic mass is 16.5. The summed E-state index contributed by atoms with van der Waals surface area (Å²) in [7, 11) is 1.55. The van der Waals surface area contributed by atoms with Crippen molar-refractivity contribution in [3.63, 3.8) is 0 Å². The number of hydrogen-bond donors (Lipinski definition) is 1. The summed E-state index contributed by atoms with van der Waals surface area (Å²) in [6, 6.07) is 15.8. The van der Waals surface area contributed by atoms with Crippen molar-refractivity contribution in [1.29, 1.82) is 0 Å². The Labute approximate surface area is 207 Å². The normalized spacial score (nSPS) is 12.2. The second-order valence-electron chi connectivity index (χ2n) is 8.45. The van der Waals surface area contributed by atoms with E-state index in [1.165, 1.54) is 4.90 Å². The van der Waals surface area contributed by atoms with Crippen molar-refractivity contribution in [2.75, 3.05) is 13.7 Å². The van der Waals surface area contributed by atoms with Crippen molar-refractivity contribution in [1.82, 2.24) is 4.90 Å². The van der Waals surface area contributed by atoms with Gasteiger partial charge in [-0.05, 0) is 75.6 Å². The quantitative estimate of drug-likeness (QED) is 0.301. The smallest absolute Gasteiger partial charge is 0.303 e. The number of hydrogen-bond acceptors (Lipinski definition) is 5. The van der Waals surface area contributed by atoms with Crippen LogP contribution >= 0.6 is 0 Å². The molecule has 0 spiro atoms. The van der Waals surface area contributed by atoms with Gasteiger partial charge >= 0.3 is 5.97 Å². The Morgan fingerprint density at radius 2 is 1.86 bits per heavy atom. The van der Waals surface area contributed by atoms with Gasteiger partial charge in [0, 0.05) is 29.2 Å². The number of rotatable bonds is 13. The molecule has 1 unspecified atom stereocenters. The van der Waals surface area contributed by atoms with E-state index in [1.807, 2.05) is 38.1 Å². The van der Waals surface area contributed by atoms with E-state index in [0.717, 1.165) is 12.0 Å². The monoisotopic (exact) mass is 480 g/mol. The molecule has 186 valence electrons. The van der Waals surface area contributed by atoms with Gasteiger partial charge in [-0.3, -0.25) is 9.59 Å². The number of nitrogens with zero attached hydrogens (tertiary/aromatic N) is 1. The second kappa shape index (κ2) is 12.6. The lowest BCUT2D eigenvalue weighted by Gasteiger charge is -2.28. The van der Waals surface area contributed by atoms with Gasteiger partial charge in [-0.15, -0.1) is 0 Å². The van der Waals surface area contributed by atoms with E-state index in [-0.39, 0.29) is 18.4 Å². The zero-order valence-electron chi connectivity index (χ0n) is 21.4. The predicted molar refractivity (Wildman–Crippen MR) is 134 cm³/mol. The number of aliphatic carboxylic acids is 1. The summed E-state index contributed by atoms with van der Waals surface area (Å²) in [5.74, 6) is 0.711. The number of carboxylic acids is 1. The summed E-state index contributed by atoms with van der Waals surface area (Å²) in [5.41, 5.74) is 1.86. The summed E-state index contributed by atoms with van der Waals surface area (Å²) in [6.07, 6.45) is 3.74. The Morgan fingerprint density at radius 1 is 1.09 bits per heavy atom. The third-order valence-electron chi connectivity index (χ3n) is 5.52. The lowest BCUT2D eigenvalue weighted by Crippen LogP contribution is -2.36. The van der Waals surface area contributed by atoms with Crippen molar-refractivity contribution < 1.29 is 30.0 Å². The number of unbranched alkanes of at least 4 members (excludes halogenated alkanes) is 2. The van der Waals surface area contributed by atoms with Crippen molar-refractivity contribution in [2.45, 2.75) is 52.1 Å². The van der Waals surface area contributed by atoms with E-state index in [2.05, 4.69) is 0 Å². The lowest BCUT2D eigenvalue weighted by molar-refractivity contribution is -0.137. The van der Waals surface area contributed by atoms with Crippen LogP contribution in [0.3, 0.4) is 0 Å². The molecule has 0 bridgehead atoms. The molecule has 0 fully saturated rings. The number of carbonyl (C=O) groups is 2. The fourth-order valence-electron chi connectivity index (χ4n) is 3.58. The number of ether oxygens (including phenoxy) is 2. The molecule has 0 radical (unpaired) electrons. The van der Waals surface area contributed by atoms with Crippen LogP contribution in [0.5, 0.6) is 11.5 Å². The third kappa shape index (κ3) is 7.37. The first-order chi connectivity index (χ1) is 17.3. The van der Waals surface area contributed by atoms with Crippen molar-refractivity contribution >= 4 is 11.9 Å². The van der Waals surface area contributed by atoms with Crippen LogP contribution in [0.2, 0.25) is 0 Å². The first-order valence-corrected chi connectivity index (χ1v) is 11.7. The van der Waals surface area contributed by atoms with E-state index in [1.54, 1.807) is 43.7 Å². The third-order valence-corrected chi connectivity index (χ3v) is 5.52. The van der Waals surface area contributed by atoms with Crippen LogP contribution in [0, 0.1) is 0 Å². The molecule has 0 aliphatic rings. The highest BCUT2D eigenvalue weighted by Crippen LogP contribution is 2.28. The number of carboxylic acid groups (broad SMARTS) is 1. The Bertz CT molecular complexity index is 1130. The predicted octanol–water partition coefficient (Wildman–Crippen LogP) is 6.03. The van der Waals surface area contributed by atoms with Crippen LogP contribution in [-0.2, 0) is 11.3 Å². The van der Waals surface area contributed by atoms with Crippen LogP contribution in [0.25, 0.3) is 11.3 Å². The summed E-state index contributed by atoms with van der Waals surface area (Å²) < 4.78 is 25.8. The number of amides is 1. The fraction of sp³-hybridized carbons (Fsp3) is 0.357. The molecule has 1 N–H and O–H groups in total. The minimum Gasteiger partial charge on any atom is -0.497 e. The average molecular weight is 481 g/mol. The maximum Gasteiger partial charge on any atom is 0.303 e. The van der Waals surface area contributed by atoms with Gasteiger partial charge in [0.25, 0.3) is 5.91 Å². The number of carbonyl (C=O) groups excluding carboxylic acids is 1. The van der Waals surface area contributed by atoms with Crippen LogP contribution in [0.15, 0.2) is 65.3 Å². The highest BCUT2D eigenvalue weighted by molar-refractivity contribution is 5.94. The van der Waals surface area contributed by atoms with E-state index >= 15 is 0 Å². The summed E-state index contributed by atoms with van der Waals surface area (Å²) in [4.78, 5) is 25.7. The Kier molecular flexibility index (Phi) is 8.81. The fourth-order valence-corrected chi connectivity index (χ4v) is 3.58. The standard InChI is InChI=1S/C28H33NO6/c1-20(2)29(28(32)22-12-10-21(11-13-22)25-8-7-17-35-25)19-23-18-24(33-3)14-15-26(23)34-16-6-4-5-9-27(30)31/h7-8,10-15,17-18,20H,4-6,9,16,19H2,1-3H3,(H,30,31)/i19D. The molecular formula is C28H33NO6. The molecule has 0 aliphatic carbocycles. The molecule has 7 heteroatoms. The van der Waals surface area contributed by atoms with E-state index in [9.17, 15) is 9.59 Å². The largest absolute Gasteiger partial charge is 0.497 e. The Morgan fingerprint density at radius 3 is 2.49 bits per heavy atom. The zero-order chi connectivity index (χ0) is 26.1. The minimum absolute atomic E-state index is 0.135. The second-order valence-corrected chi connectivity index (χ2v) is 8.45. The van der Waals surface area contributed by atoms with E-state index in [0.29, 0.717) is 47.8 Å². The zero-order valence-corrected chi connectivity index (χ0v) is 20.4. The Hall–Kier alpha value is -3.74. The number of benzene rings is 2. The van der Waals surface area contributed by atoms with Crippen LogP contribution < -0.4 is 9.47 Å². The van der Waals surface area contributed by atoms with Crippen molar-refractivity contribution in [2.24, 2.45) is 0 Å². The maximum absolute atomic E-state index is 13.5. The molecule has 1 heterocycles. The topological polar surface area (TPSA) is 89.2 Å². The van der Waals surface area contributed by atoms with Gasteiger partial charge in [0.15, 0.2) is 0 Å². The molecule has 2 aromatic carbocycles. The molecule has 3 aromatic rings. The lowest BCUT2D eigenvalue weighted by atomic mass is 10.1. The Balaban J connectivity index is 1.78. The molecule has 1 atom stereocenters. The summed E-state index contributed by atoms with van der Waals surface area (Å²) in [5, 5.41) is 8.78. The first kappa shape index (κ1) is 24.4. The van der Waals surface area contributed by atoms with E-state index < -0.39 is 12.5 Å². The molecule has 0 saturated heterocycles. The molecule has 0 saturated carbocycles. The number of methoxy groups -OCH3 is 1. The molecule has 1 amide bonds. The summed E-state index contributed by atoms with van der Waals surface area (Å²) in [6.45, 7) is 3.11. The minimum atomic E-state index is -1.03. The van der Waals surface area contributed by atoms with Gasteiger partial charge in [-0.25, -0.2) is 0 Å². The van der Waals surface area contributed by atoms with Gasteiger partial charge in [0.2, 0.25) is 0 Å². The van der Waals surface area contributed by atoms with Crippen molar-refractivity contribution in [3.8, 4) is 22.8 Å². The number of furan rings is 1. The van der Waals surface area contributed by atoms with Crippen LogP contribution in [-0.4, -0.2) is 41.6 Å². The first-order valence-electron chi connectivity index (χ1n) is 12.3. The van der Waals surface area contributed by atoms with Gasteiger partial charge in [-0.2, -0.15) is 0 Å². The van der Waals surface area contributed by atoms with Crippen LogP contribution in [0.4, 0.5) is 0 Å². The SMILES string of the molecule is [2H]C(c1cc(OC)ccc1OCCCCCC(=O)O)N(C(=O)c1ccc(-c2ccco2)cc1)C(C)C. The highest BCUT2D eigenvalue weighted by Gasteiger charge is 2.21. The molecule has 7 nitrogen and oxygen atoms in total. The van der Waals surface area contributed by atoms with Gasteiger partial charge in [0.1, 0.15) is 17.3 Å². The molecule has 35 heavy (non-hydrogen) atoms. The van der Waals surface area contributed by atoms with Crippen LogP contribution in [0.1, 0.15) is 56.8 Å².